The molecule has 1 amide bonds. The number of rotatable bonds is 3. The third kappa shape index (κ3) is 2.01. The molecule has 0 aliphatic carbocycles. The molecule has 1 aliphatic rings. The van der Waals surface area contributed by atoms with E-state index < -0.39 is 23.5 Å². The Balaban J connectivity index is 2.45. The summed E-state index contributed by atoms with van der Waals surface area (Å²) in [5.74, 6) is -3.38. The van der Waals surface area contributed by atoms with Crippen LogP contribution in [0.1, 0.15) is 16.8 Å². The number of aliphatic carboxylic acids is 1. The topological polar surface area (TPSA) is 74.7 Å². The van der Waals surface area contributed by atoms with E-state index in [1.54, 1.807) is 0 Å². The Morgan fingerprint density at radius 2 is 2.06 bits per heavy atom. The summed E-state index contributed by atoms with van der Waals surface area (Å²) in [5, 5.41) is 8.59. The van der Waals surface area contributed by atoms with E-state index in [2.05, 4.69) is 15.9 Å². The van der Waals surface area contributed by atoms with E-state index >= 15 is 0 Å². The third-order valence-electron chi connectivity index (χ3n) is 2.53. The number of carbonyl (C=O) groups is 3. The SMILES string of the molecule is O=C(O)CCN1C(=O)C(=O)c2cc(F)cc(Br)c21. The molecule has 1 heterocycles. The van der Waals surface area contributed by atoms with E-state index in [1.807, 2.05) is 0 Å². The van der Waals surface area contributed by atoms with Crippen LogP contribution in [0.4, 0.5) is 10.1 Å². The van der Waals surface area contributed by atoms with Gasteiger partial charge in [0, 0.05) is 11.0 Å². The van der Waals surface area contributed by atoms with E-state index in [-0.39, 0.29) is 28.7 Å². The summed E-state index contributed by atoms with van der Waals surface area (Å²) >= 11 is 3.07. The summed E-state index contributed by atoms with van der Waals surface area (Å²) < 4.78 is 13.4. The Morgan fingerprint density at radius 3 is 2.67 bits per heavy atom. The number of ketones is 1. The lowest BCUT2D eigenvalue weighted by atomic mass is 10.1. The third-order valence-corrected chi connectivity index (χ3v) is 3.14. The Morgan fingerprint density at radius 1 is 1.39 bits per heavy atom. The number of hydrogen-bond donors (Lipinski definition) is 1. The van der Waals surface area contributed by atoms with E-state index in [4.69, 9.17) is 5.11 Å². The molecule has 7 heteroatoms. The van der Waals surface area contributed by atoms with Gasteiger partial charge in [0.1, 0.15) is 5.82 Å². The van der Waals surface area contributed by atoms with Crippen LogP contribution in [0.25, 0.3) is 0 Å². The monoisotopic (exact) mass is 315 g/mol. The fraction of sp³-hybridized carbons (Fsp3) is 0.182. The van der Waals surface area contributed by atoms with Crippen molar-refractivity contribution in [2.24, 2.45) is 0 Å². The Labute approximate surface area is 109 Å². The normalized spacial score (nSPS) is 14.0. The van der Waals surface area contributed by atoms with Crippen molar-refractivity contribution in [1.82, 2.24) is 0 Å². The lowest BCUT2D eigenvalue weighted by Gasteiger charge is -2.16. The standard InChI is InChI=1S/C11H7BrFNO4/c12-7-4-5(13)3-6-9(7)14(2-1-8(15)16)11(18)10(6)17/h3-4H,1-2H2,(H,15,16). The number of nitrogens with zero attached hydrogens (tertiary/aromatic N) is 1. The lowest BCUT2D eigenvalue weighted by molar-refractivity contribution is -0.136. The van der Waals surface area contributed by atoms with Crippen molar-refractivity contribution in [3.05, 3.63) is 28.0 Å². The number of benzene rings is 1. The van der Waals surface area contributed by atoms with Crippen LogP contribution in [-0.4, -0.2) is 29.3 Å². The number of carboxylic acid groups (broad SMARTS) is 1. The number of halogens is 2. The molecule has 0 atom stereocenters. The van der Waals surface area contributed by atoms with Crippen molar-refractivity contribution in [3.8, 4) is 0 Å². The van der Waals surface area contributed by atoms with Crippen molar-refractivity contribution in [1.29, 1.82) is 0 Å². The molecule has 1 aliphatic heterocycles. The maximum Gasteiger partial charge on any atom is 0.305 e. The summed E-state index contributed by atoms with van der Waals surface area (Å²) in [4.78, 5) is 34.9. The highest BCUT2D eigenvalue weighted by Crippen LogP contribution is 2.36. The van der Waals surface area contributed by atoms with E-state index in [0.717, 1.165) is 17.0 Å². The van der Waals surface area contributed by atoms with Gasteiger partial charge in [0.25, 0.3) is 11.7 Å². The summed E-state index contributed by atoms with van der Waals surface area (Å²) in [7, 11) is 0. The highest BCUT2D eigenvalue weighted by Gasteiger charge is 2.37. The molecule has 1 N–H and O–H groups in total. The Bertz CT molecular complexity index is 572. The van der Waals surface area contributed by atoms with E-state index in [9.17, 15) is 18.8 Å². The van der Waals surface area contributed by atoms with Crippen LogP contribution in [-0.2, 0) is 9.59 Å². The van der Waals surface area contributed by atoms with Gasteiger partial charge in [-0.15, -0.1) is 0 Å². The Hall–Kier alpha value is -1.76. The maximum absolute atomic E-state index is 13.2. The average molecular weight is 316 g/mol. The second kappa shape index (κ2) is 4.49. The number of carboxylic acids is 1. The number of hydrogen-bond acceptors (Lipinski definition) is 3. The minimum Gasteiger partial charge on any atom is -0.481 e. The van der Waals surface area contributed by atoms with Crippen molar-refractivity contribution < 1.29 is 23.9 Å². The van der Waals surface area contributed by atoms with Gasteiger partial charge < -0.3 is 10.0 Å². The molecule has 0 spiro atoms. The summed E-state index contributed by atoms with van der Waals surface area (Å²) in [6.07, 6.45) is -0.289. The molecule has 0 fully saturated rings. The molecule has 0 saturated heterocycles. The zero-order valence-electron chi connectivity index (χ0n) is 8.94. The van der Waals surface area contributed by atoms with Gasteiger partial charge in [0.2, 0.25) is 0 Å². The van der Waals surface area contributed by atoms with Gasteiger partial charge in [-0.2, -0.15) is 0 Å². The summed E-state index contributed by atoms with van der Waals surface area (Å²) in [6, 6.07) is 2.10. The van der Waals surface area contributed by atoms with Crippen molar-refractivity contribution in [2.45, 2.75) is 6.42 Å². The molecular formula is C11H7BrFNO4. The zero-order valence-corrected chi connectivity index (χ0v) is 10.5. The van der Waals surface area contributed by atoms with Gasteiger partial charge in [0.15, 0.2) is 0 Å². The molecule has 0 unspecified atom stereocenters. The molecule has 1 aromatic carbocycles. The maximum atomic E-state index is 13.2. The van der Waals surface area contributed by atoms with Crippen molar-refractivity contribution in [3.63, 3.8) is 0 Å². The number of carbonyl (C=O) groups excluding carboxylic acids is 2. The molecule has 2 rings (SSSR count). The molecule has 94 valence electrons. The van der Waals surface area contributed by atoms with Gasteiger partial charge in [0.05, 0.1) is 17.7 Å². The van der Waals surface area contributed by atoms with Crippen LogP contribution >= 0.6 is 15.9 Å². The van der Waals surface area contributed by atoms with Gasteiger partial charge in [-0.1, -0.05) is 0 Å². The first-order valence-corrected chi connectivity index (χ1v) is 5.78. The van der Waals surface area contributed by atoms with Crippen LogP contribution in [0.15, 0.2) is 16.6 Å². The molecule has 0 radical (unpaired) electrons. The first kappa shape index (κ1) is 12.7. The molecule has 0 aromatic heterocycles. The van der Waals surface area contributed by atoms with E-state index in [0.29, 0.717) is 0 Å². The largest absolute Gasteiger partial charge is 0.481 e. The molecule has 0 saturated carbocycles. The fourth-order valence-corrected chi connectivity index (χ4v) is 2.42. The first-order chi connectivity index (χ1) is 8.41. The molecule has 18 heavy (non-hydrogen) atoms. The minimum atomic E-state index is -1.08. The summed E-state index contributed by atoms with van der Waals surface area (Å²) in [6.45, 7) is -0.128. The van der Waals surface area contributed by atoms with Gasteiger partial charge in [-0.3, -0.25) is 14.4 Å². The Kier molecular flexibility index (Phi) is 3.16. The number of Topliss-reactive ketones (excluding diaryl/α,β-unsaturated/α-hetero) is 1. The van der Waals surface area contributed by atoms with Crippen molar-refractivity contribution in [2.75, 3.05) is 11.4 Å². The second-order valence-corrected chi connectivity index (χ2v) is 4.57. The quantitative estimate of drug-likeness (QED) is 0.860. The van der Waals surface area contributed by atoms with Crippen molar-refractivity contribution >= 4 is 39.3 Å². The van der Waals surface area contributed by atoms with Crippen LogP contribution < -0.4 is 4.90 Å². The minimum absolute atomic E-state index is 0.0442. The highest BCUT2D eigenvalue weighted by atomic mass is 79.9. The van der Waals surface area contributed by atoms with E-state index in [1.165, 1.54) is 0 Å². The van der Waals surface area contributed by atoms with Gasteiger partial charge in [-0.25, -0.2) is 4.39 Å². The van der Waals surface area contributed by atoms with Gasteiger partial charge in [-0.05, 0) is 28.1 Å². The van der Waals surface area contributed by atoms with Crippen LogP contribution in [0.3, 0.4) is 0 Å². The fourth-order valence-electron chi connectivity index (χ4n) is 1.77. The number of anilines is 1. The highest BCUT2D eigenvalue weighted by molar-refractivity contribution is 9.10. The molecule has 0 bridgehead atoms. The number of fused-ring (bicyclic) bond motifs is 1. The summed E-state index contributed by atoms with van der Waals surface area (Å²) in [5.41, 5.74) is 0.185. The molecule has 5 nitrogen and oxygen atoms in total. The molecule has 1 aromatic rings. The first-order valence-electron chi connectivity index (χ1n) is 4.99. The smallest absolute Gasteiger partial charge is 0.305 e. The predicted molar refractivity (Wildman–Crippen MR) is 63.0 cm³/mol. The predicted octanol–water partition coefficient (Wildman–Crippen LogP) is 1.59. The van der Waals surface area contributed by atoms with Gasteiger partial charge >= 0.3 is 5.97 Å². The molecular weight excluding hydrogens is 309 g/mol. The second-order valence-electron chi connectivity index (χ2n) is 3.71. The van der Waals surface area contributed by atoms with Crippen LogP contribution in [0.2, 0.25) is 0 Å². The number of amides is 1. The lowest BCUT2D eigenvalue weighted by Crippen LogP contribution is -2.31. The van der Waals surface area contributed by atoms with Crippen LogP contribution in [0, 0.1) is 5.82 Å². The zero-order chi connectivity index (χ0) is 13.4. The van der Waals surface area contributed by atoms with Crippen LogP contribution in [0.5, 0.6) is 0 Å². The average Bonchev–Trinajstić information content (AvgIpc) is 2.51.